The van der Waals surface area contributed by atoms with Gasteiger partial charge in [-0.1, -0.05) is 0 Å². The number of carbonyl (C=O) groups excluding carboxylic acids is 2. The molecule has 1 rings (SSSR count). The van der Waals surface area contributed by atoms with E-state index in [1.165, 1.54) is 11.8 Å². The monoisotopic (exact) mass is 207 g/mol. The van der Waals surface area contributed by atoms with Crippen LogP contribution in [0.2, 0.25) is 0 Å². The highest BCUT2D eigenvalue weighted by Crippen LogP contribution is 2.15. The zero-order chi connectivity index (χ0) is 11.4. The van der Waals surface area contributed by atoms with Crippen molar-refractivity contribution in [2.24, 2.45) is 5.73 Å². The lowest BCUT2D eigenvalue weighted by Crippen LogP contribution is -2.37. The third-order valence-electron chi connectivity index (χ3n) is 1.90. The van der Waals surface area contributed by atoms with Crippen molar-refractivity contribution in [3.63, 3.8) is 0 Å². The maximum absolute atomic E-state index is 11.3. The van der Waals surface area contributed by atoms with Gasteiger partial charge in [0.05, 0.1) is 0 Å². The molecule has 0 fully saturated rings. The van der Waals surface area contributed by atoms with E-state index in [9.17, 15) is 9.59 Å². The minimum absolute atomic E-state index is 0.126. The molecule has 0 aliphatic rings. The maximum atomic E-state index is 11.3. The average molecular weight is 207 g/mol. The highest BCUT2D eigenvalue weighted by atomic mass is 16.2. The minimum Gasteiger partial charge on any atom is -0.399 e. The van der Waals surface area contributed by atoms with Crippen LogP contribution in [-0.4, -0.2) is 18.4 Å². The van der Waals surface area contributed by atoms with Gasteiger partial charge in [-0.25, -0.2) is 0 Å². The van der Waals surface area contributed by atoms with Crippen LogP contribution in [0.5, 0.6) is 0 Å². The number of nitrogens with two attached hydrogens (primary N) is 2. The molecule has 5 heteroatoms. The van der Waals surface area contributed by atoms with Crippen molar-refractivity contribution in [2.75, 3.05) is 17.2 Å². The number of anilines is 2. The van der Waals surface area contributed by atoms with Crippen LogP contribution >= 0.6 is 0 Å². The van der Waals surface area contributed by atoms with Gasteiger partial charge in [0.1, 0.15) is 6.54 Å². The molecule has 0 heterocycles. The molecule has 0 aliphatic carbocycles. The predicted molar refractivity (Wildman–Crippen MR) is 58.1 cm³/mol. The molecule has 0 radical (unpaired) electrons. The molecular weight excluding hydrogens is 194 g/mol. The number of nitrogens with zero attached hydrogens (tertiary/aromatic N) is 1. The molecule has 0 saturated heterocycles. The summed E-state index contributed by atoms with van der Waals surface area (Å²) in [6, 6.07) is 6.65. The van der Waals surface area contributed by atoms with Gasteiger partial charge >= 0.3 is 0 Å². The molecule has 0 atom stereocenters. The van der Waals surface area contributed by atoms with E-state index in [4.69, 9.17) is 11.5 Å². The standard InChI is InChI=1S/C10H13N3O2/c1-7(14)13(6-10(12)15)9-4-2-8(11)3-5-9/h2-5H,6,11H2,1H3,(H2,12,15). The van der Waals surface area contributed by atoms with Crippen molar-refractivity contribution in [1.82, 2.24) is 0 Å². The molecule has 1 aromatic rings. The van der Waals surface area contributed by atoms with Gasteiger partial charge in [-0.15, -0.1) is 0 Å². The summed E-state index contributed by atoms with van der Waals surface area (Å²) in [5, 5.41) is 0. The van der Waals surface area contributed by atoms with E-state index >= 15 is 0 Å². The van der Waals surface area contributed by atoms with Crippen molar-refractivity contribution in [2.45, 2.75) is 6.92 Å². The van der Waals surface area contributed by atoms with Gasteiger partial charge in [-0.2, -0.15) is 0 Å². The van der Waals surface area contributed by atoms with Gasteiger partial charge in [-0.3, -0.25) is 9.59 Å². The Kier molecular flexibility index (Phi) is 3.28. The van der Waals surface area contributed by atoms with Gasteiger partial charge in [0.15, 0.2) is 0 Å². The van der Waals surface area contributed by atoms with Gasteiger partial charge < -0.3 is 16.4 Å². The summed E-state index contributed by atoms with van der Waals surface area (Å²) < 4.78 is 0. The van der Waals surface area contributed by atoms with Crippen LogP contribution in [0.25, 0.3) is 0 Å². The van der Waals surface area contributed by atoms with E-state index in [1.54, 1.807) is 24.3 Å². The predicted octanol–water partition coefficient (Wildman–Crippen LogP) is 0.107. The number of hydrogen-bond donors (Lipinski definition) is 2. The summed E-state index contributed by atoms with van der Waals surface area (Å²) in [5.74, 6) is -0.791. The van der Waals surface area contributed by atoms with Crippen LogP contribution in [0, 0.1) is 0 Å². The third kappa shape index (κ3) is 2.98. The van der Waals surface area contributed by atoms with E-state index in [-0.39, 0.29) is 12.5 Å². The Hall–Kier alpha value is -2.04. The number of hydrogen-bond acceptors (Lipinski definition) is 3. The van der Waals surface area contributed by atoms with Crippen LogP contribution in [0.3, 0.4) is 0 Å². The Bertz CT molecular complexity index is 373. The fourth-order valence-electron chi connectivity index (χ4n) is 1.19. The Morgan fingerprint density at radius 2 is 1.80 bits per heavy atom. The Labute approximate surface area is 87.7 Å². The van der Waals surface area contributed by atoms with Crippen LogP contribution in [0.4, 0.5) is 11.4 Å². The van der Waals surface area contributed by atoms with E-state index in [0.29, 0.717) is 11.4 Å². The summed E-state index contributed by atoms with van der Waals surface area (Å²) in [7, 11) is 0. The van der Waals surface area contributed by atoms with Crippen molar-refractivity contribution in [1.29, 1.82) is 0 Å². The van der Waals surface area contributed by atoms with Crippen LogP contribution in [0.1, 0.15) is 6.92 Å². The number of amides is 2. The minimum atomic E-state index is -0.554. The number of carbonyl (C=O) groups is 2. The lowest BCUT2D eigenvalue weighted by Gasteiger charge is -2.19. The van der Waals surface area contributed by atoms with Crippen LogP contribution in [0.15, 0.2) is 24.3 Å². The Morgan fingerprint density at radius 1 is 1.27 bits per heavy atom. The first-order valence-corrected chi connectivity index (χ1v) is 4.42. The third-order valence-corrected chi connectivity index (χ3v) is 1.90. The van der Waals surface area contributed by atoms with Crippen molar-refractivity contribution < 1.29 is 9.59 Å². The lowest BCUT2D eigenvalue weighted by molar-refractivity contribution is -0.121. The van der Waals surface area contributed by atoms with E-state index < -0.39 is 5.91 Å². The molecular formula is C10H13N3O2. The SMILES string of the molecule is CC(=O)N(CC(N)=O)c1ccc(N)cc1. The fourth-order valence-corrected chi connectivity index (χ4v) is 1.19. The lowest BCUT2D eigenvalue weighted by atomic mass is 10.2. The van der Waals surface area contributed by atoms with Crippen molar-refractivity contribution in [3.05, 3.63) is 24.3 Å². The van der Waals surface area contributed by atoms with Crippen molar-refractivity contribution in [3.8, 4) is 0 Å². The largest absolute Gasteiger partial charge is 0.399 e. The molecule has 4 N–H and O–H groups in total. The molecule has 2 amide bonds. The molecule has 80 valence electrons. The Morgan fingerprint density at radius 3 is 2.20 bits per heavy atom. The molecule has 0 unspecified atom stereocenters. The summed E-state index contributed by atoms with van der Waals surface area (Å²) in [5.41, 5.74) is 11.8. The second-order valence-electron chi connectivity index (χ2n) is 3.16. The van der Waals surface area contributed by atoms with E-state index in [2.05, 4.69) is 0 Å². The maximum Gasteiger partial charge on any atom is 0.237 e. The molecule has 0 saturated carbocycles. The van der Waals surface area contributed by atoms with E-state index in [1.807, 2.05) is 0 Å². The van der Waals surface area contributed by atoms with Crippen LogP contribution < -0.4 is 16.4 Å². The van der Waals surface area contributed by atoms with Gasteiger partial charge in [0.2, 0.25) is 11.8 Å². The van der Waals surface area contributed by atoms with Gasteiger partial charge in [-0.05, 0) is 24.3 Å². The average Bonchev–Trinajstić information content (AvgIpc) is 2.15. The molecule has 0 aliphatic heterocycles. The van der Waals surface area contributed by atoms with Gasteiger partial charge in [0, 0.05) is 18.3 Å². The summed E-state index contributed by atoms with van der Waals surface area (Å²) in [4.78, 5) is 23.3. The normalized spacial score (nSPS) is 9.67. The molecule has 5 nitrogen and oxygen atoms in total. The number of nitrogen functional groups attached to an aromatic ring is 1. The zero-order valence-corrected chi connectivity index (χ0v) is 8.43. The number of benzene rings is 1. The quantitative estimate of drug-likeness (QED) is 0.689. The first kappa shape index (κ1) is 11.0. The summed E-state index contributed by atoms with van der Waals surface area (Å²) >= 11 is 0. The molecule has 0 bridgehead atoms. The zero-order valence-electron chi connectivity index (χ0n) is 8.43. The second kappa shape index (κ2) is 4.45. The fraction of sp³-hybridized carbons (Fsp3) is 0.200. The first-order valence-electron chi connectivity index (χ1n) is 4.42. The Balaban J connectivity index is 2.94. The smallest absolute Gasteiger partial charge is 0.237 e. The second-order valence-corrected chi connectivity index (χ2v) is 3.16. The van der Waals surface area contributed by atoms with Crippen molar-refractivity contribution >= 4 is 23.2 Å². The number of rotatable bonds is 3. The molecule has 15 heavy (non-hydrogen) atoms. The molecule has 0 aromatic heterocycles. The topological polar surface area (TPSA) is 89.4 Å². The first-order chi connectivity index (χ1) is 7.00. The highest BCUT2D eigenvalue weighted by Gasteiger charge is 2.13. The summed E-state index contributed by atoms with van der Waals surface area (Å²) in [6.07, 6.45) is 0. The van der Waals surface area contributed by atoms with Crippen LogP contribution in [-0.2, 0) is 9.59 Å². The van der Waals surface area contributed by atoms with E-state index in [0.717, 1.165) is 0 Å². The molecule has 0 spiro atoms. The number of primary amides is 1. The molecule has 1 aromatic carbocycles. The summed E-state index contributed by atoms with van der Waals surface area (Å²) in [6.45, 7) is 1.25. The highest BCUT2D eigenvalue weighted by molar-refractivity contribution is 5.97. The van der Waals surface area contributed by atoms with Gasteiger partial charge in [0.25, 0.3) is 0 Å².